The number of hydrogen-bond acceptors (Lipinski definition) is 5. The van der Waals surface area contributed by atoms with E-state index in [0.717, 1.165) is 16.8 Å². The highest BCUT2D eigenvalue weighted by Crippen LogP contribution is 2.19. The third-order valence-electron chi connectivity index (χ3n) is 3.29. The van der Waals surface area contributed by atoms with Crippen LogP contribution in [-0.2, 0) is 19.1 Å². The topological polar surface area (TPSA) is 84.5 Å². The maximum absolute atomic E-state index is 12.0. The summed E-state index contributed by atoms with van der Waals surface area (Å²) in [4.78, 5) is 35.2. The van der Waals surface area contributed by atoms with Crippen LogP contribution in [-0.4, -0.2) is 41.9 Å². The number of carbonyl (C=O) groups excluding carboxylic acids is 3. The molecule has 0 aromatic heterocycles. The molecular formula is C17H24N2O4S. The van der Waals surface area contributed by atoms with E-state index in [1.165, 1.54) is 11.8 Å². The minimum atomic E-state index is -0.442. The molecule has 0 radical (unpaired) electrons. The Bertz CT molecular complexity index is 584. The van der Waals surface area contributed by atoms with Gasteiger partial charge in [0.2, 0.25) is 11.8 Å². The molecule has 24 heavy (non-hydrogen) atoms. The third-order valence-corrected chi connectivity index (χ3v) is 4.41. The lowest BCUT2D eigenvalue weighted by atomic mass is 10.1. The zero-order chi connectivity index (χ0) is 18.1. The summed E-state index contributed by atoms with van der Waals surface area (Å²) in [7, 11) is 0. The molecule has 0 saturated heterocycles. The molecule has 0 aliphatic heterocycles. The average molecular weight is 352 g/mol. The average Bonchev–Trinajstić information content (AvgIpc) is 2.54. The van der Waals surface area contributed by atoms with Gasteiger partial charge in [-0.15, -0.1) is 11.8 Å². The third kappa shape index (κ3) is 6.62. The number of ether oxygens (including phenoxy) is 1. The Hall–Kier alpha value is -2.02. The van der Waals surface area contributed by atoms with Crippen LogP contribution >= 0.6 is 11.8 Å². The van der Waals surface area contributed by atoms with Crippen LogP contribution in [0.15, 0.2) is 18.2 Å². The predicted octanol–water partition coefficient (Wildman–Crippen LogP) is 2.04. The number of anilines is 1. The van der Waals surface area contributed by atoms with Gasteiger partial charge in [0.05, 0.1) is 24.2 Å². The highest BCUT2D eigenvalue weighted by molar-refractivity contribution is 8.01. The molecular weight excluding hydrogens is 328 g/mol. The van der Waals surface area contributed by atoms with Crippen molar-refractivity contribution in [1.29, 1.82) is 0 Å². The van der Waals surface area contributed by atoms with Crippen molar-refractivity contribution in [2.75, 3.05) is 24.2 Å². The molecule has 0 aliphatic carbocycles. The highest BCUT2D eigenvalue weighted by Gasteiger charge is 2.16. The fourth-order valence-electron chi connectivity index (χ4n) is 1.98. The second-order valence-electron chi connectivity index (χ2n) is 5.29. The second-order valence-corrected chi connectivity index (χ2v) is 6.62. The first-order valence-electron chi connectivity index (χ1n) is 7.76. The fourth-order valence-corrected chi connectivity index (χ4v) is 2.68. The van der Waals surface area contributed by atoms with Crippen molar-refractivity contribution in [3.8, 4) is 0 Å². The molecule has 0 spiro atoms. The lowest BCUT2D eigenvalue weighted by Crippen LogP contribution is -2.37. The van der Waals surface area contributed by atoms with Gasteiger partial charge in [-0.25, -0.2) is 0 Å². The standard InChI is InChI=1S/C17H24N2O4S/c1-5-23-15(21)10-24-13(4)17(22)18-9-14(20)19-16-11(2)7-6-8-12(16)3/h6-8,13H,5,9-10H2,1-4H3,(H,18,22)(H,19,20)/t13-/m1/s1. The summed E-state index contributed by atoms with van der Waals surface area (Å²) < 4.78 is 4.80. The molecule has 2 N–H and O–H groups in total. The summed E-state index contributed by atoms with van der Waals surface area (Å²) in [6, 6.07) is 5.75. The number of esters is 1. The number of thioether (sulfide) groups is 1. The number of aryl methyl sites for hydroxylation is 2. The van der Waals surface area contributed by atoms with Crippen LogP contribution in [0.3, 0.4) is 0 Å². The predicted molar refractivity (Wildman–Crippen MR) is 96.1 cm³/mol. The first kappa shape index (κ1) is 20.0. The smallest absolute Gasteiger partial charge is 0.315 e. The maximum Gasteiger partial charge on any atom is 0.315 e. The van der Waals surface area contributed by atoms with Crippen molar-refractivity contribution >= 4 is 35.2 Å². The lowest BCUT2D eigenvalue weighted by Gasteiger charge is -2.13. The van der Waals surface area contributed by atoms with Crippen LogP contribution in [0.4, 0.5) is 5.69 Å². The van der Waals surface area contributed by atoms with Gasteiger partial charge in [0.25, 0.3) is 0 Å². The Labute approximate surface area is 146 Å². The molecule has 0 unspecified atom stereocenters. The van der Waals surface area contributed by atoms with E-state index in [0.29, 0.717) is 6.61 Å². The Morgan fingerprint density at radius 2 is 1.83 bits per heavy atom. The maximum atomic E-state index is 12.0. The van der Waals surface area contributed by atoms with E-state index in [-0.39, 0.29) is 30.1 Å². The molecule has 0 heterocycles. The van der Waals surface area contributed by atoms with Crippen LogP contribution in [0.25, 0.3) is 0 Å². The van der Waals surface area contributed by atoms with Crippen molar-refractivity contribution in [3.05, 3.63) is 29.3 Å². The summed E-state index contributed by atoms with van der Waals surface area (Å²) in [5.41, 5.74) is 2.70. The number of hydrogen-bond donors (Lipinski definition) is 2. The molecule has 132 valence electrons. The zero-order valence-electron chi connectivity index (χ0n) is 14.5. The lowest BCUT2D eigenvalue weighted by molar-refractivity contribution is -0.139. The van der Waals surface area contributed by atoms with E-state index in [9.17, 15) is 14.4 Å². The van der Waals surface area contributed by atoms with Crippen molar-refractivity contribution in [3.63, 3.8) is 0 Å². The number of benzene rings is 1. The number of amides is 2. The van der Waals surface area contributed by atoms with Crippen LogP contribution in [0.2, 0.25) is 0 Å². The summed E-state index contributed by atoms with van der Waals surface area (Å²) in [5, 5.41) is 4.94. The fraction of sp³-hybridized carbons (Fsp3) is 0.471. The van der Waals surface area contributed by atoms with Crippen molar-refractivity contribution < 1.29 is 19.1 Å². The minimum absolute atomic E-state index is 0.108. The van der Waals surface area contributed by atoms with Crippen LogP contribution in [0.5, 0.6) is 0 Å². The molecule has 0 bridgehead atoms. The summed E-state index contributed by atoms with van der Waals surface area (Å²) in [6.07, 6.45) is 0. The first-order chi connectivity index (χ1) is 11.3. The zero-order valence-corrected chi connectivity index (χ0v) is 15.3. The Balaban J connectivity index is 2.40. The quantitative estimate of drug-likeness (QED) is 0.700. The monoisotopic (exact) mass is 352 g/mol. The second kappa shape index (κ2) is 9.97. The van der Waals surface area contributed by atoms with Gasteiger partial charge in [-0.2, -0.15) is 0 Å². The molecule has 1 rings (SSSR count). The number of carbonyl (C=O) groups is 3. The van der Waals surface area contributed by atoms with Gasteiger partial charge in [-0.05, 0) is 38.8 Å². The Kier molecular flexibility index (Phi) is 8.32. The molecule has 1 atom stereocenters. The SMILES string of the molecule is CCOC(=O)CS[C@H](C)C(=O)NCC(=O)Nc1c(C)cccc1C. The van der Waals surface area contributed by atoms with Crippen LogP contribution in [0.1, 0.15) is 25.0 Å². The Morgan fingerprint density at radius 1 is 1.21 bits per heavy atom. The molecule has 6 nitrogen and oxygen atoms in total. The van der Waals surface area contributed by atoms with Gasteiger partial charge >= 0.3 is 5.97 Å². The van der Waals surface area contributed by atoms with Crippen molar-refractivity contribution in [1.82, 2.24) is 5.32 Å². The Morgan fingerprint density at radius 3 is 2.42 bits per heavy atom. The summed E-state index contributed by atoms with van der Waals surface area (Å²) in [6.45, 7) is 7.44. The highest BCUT2D eigenvalue weighted by atomic mass is 32.2. The van der Waals surface area contributed by atoms with E-state index in [1.54, 1.807) is 13.8 Å². The van der Waals surface area contributed by atoms with Gasteiger partial charge in [0.1, 0.15) is 0 Å². The van der Waals surface area contributed by atoms with E-state index >= 15 is 0 Å². The van der Waals surface area contributed by atoms with E-state index in [2.05, 4.69) is 10.6 Å². The molecule has 0 fully saturated rings. The summed E-state index contributed by atoms with van der Waals surface area (Å²) >= 11 is 1.17. The molecule has 0 aliphatic rings. The van der Waals surface area contributed by atoms with Gasteiger partial charge < -0.3 is 15.4 Å². The van der Waals surface area contributed by atoms with Gasteiger partial charge in [0, 0.05) is 5.69 Å². The van der Waals surface area contributed by atoms with Gasteiger partial charge in [-0.3, -0.25) is 14.4 Å². The van der Waals surface area contributed by atoms with Crippen LogP contribution < -0.4 is 10.6 Å². The normalized spacial score (nSPS) is 11.5. The van der Waals surface area contributed by atoms with Gasteiger partial charge in [0.15, 0.2) is 0 Å². The molecule has 1 aromatic rings. The molecule has 2 amide bonds. The number of nitrogens with one attached hydrogen (secondary N) is 2. The summed E-state index contributed by atoms with van der Waals surface area (Å²) in [5.74, 6) is -0.823. The molecule has 7 heteroatoms. The van der Waals surface area contributed by atoms with E-state index < -0.39 is 5.25 Å². The van der Waals surface area contributed by atoms with Crippen molar-refractivity contribution in [2.45, 2.75) is 32.9 Å². The van der Waals surface area contributed by atoms with Gasteiger partial charge in [-0.1, -0.05) is 18.2 Å². The number of para-hydroxylation sites is 1. The van der Waals surface area contributed by atoms with E-state index in [4.69, 9.17) is 4.74 Å². The van der Waals surface area contributed by atoms with Crippen molar-refractivity contribution in [2.24, 2.45) is 0 Å². The number of rotatable bonds is 8. The first-order valence-corrected chi connectivity index (χ1v) is 8.81. The molecule has 0 saturated carbocycles. The minimum Gasteiger partial charge on any atom is -0.465 e. The van der Waals surface area contributed by atoms with E-state index in [1.807, 2.05) is 32.0 Å². The largest absolute Gasteiger partial charge is 0.465 e. The molecule has 1 aromatic carbocycles. The van der Waals surface area contributed by atoms with Crippen LogP contribution in [0, 0.1) is 13.8 Å².